The van der Waals surface area contributed by atoms with Crippen LogP contribution in [0.5, 0.6) is 5.75 Å². The van der Waals surface area contributed by atoms with Crippen molar-refractivity contribution in [2.24, 2.45) is 0 Å². The van der Waals surface area contributed by atoms with Crippen LogP contribution in [0, 0.1) is 0 Å². The Kier molecular flexibility index (Phi) is 4.97. The summed E-state index contributed by atoms with van der Waals surface area (Å²) >= 11 is 5.92. The first-order valence-corrected chi connectivity index (χ1v) is 10.1. The number of hydrogen-bond donors (Lipinski definition) is 1. The van der Waals surface area contributed by atoms with Crippen molar-refractivity contribution in [1.29, 1.82) is 0 Å². The summed E-state index contributed by atoms with van der Waals surface area (Å²) in [7, 11) is 0. The first-order valence-electron chi connectivity index (χ1n) is 9.70. The molecule has 1 fully saturated rings. The number of nitrogens with zero attached hydrogens (tertiary/aromatic N) is 4. The van der Waals surface area contributed by atoms with E-state index in [2.05, 4.69) is 4.98 Å². The number of fused-ring (bicyclic) bond motifs is 1. The summed E-state index contributed by atoms with van der Waals surface area (Å²) in [6.45, 7) is 6.32. The molecule has 9 heteroatoms. The largest absolute Gasteiger partial charge is 0.506 e. The van der Waals surface area contributed by atoms with E-state index in [9.17, 15) is 14.7 Å². The number of ether oxygens (including phenoxy) is 1. The Morgan fingerprint density at radius 1 is 1.30 bits per heavy atom. The van der Waals surface area contributed by atoms with Crippen molar-refractivity contribution in [3.63, 3.8) is 0 Å². The molecule has 1 saturated heterocycles. The lowest BCUT2D eigenvalue weighted by molar-refractivity contribution is 0.0289. The van der Waals surface area contributed by atoms with Gasteiger partial charge in [0.1, 0.15) is 11.4 Å². The van der Waals surface area contributed by atoms with Crippen LogP contribution in [-0.4, -0.2) is 48.9 Å². The minimum atomic E-state index is -0.583. The maximum absolute atomic E-state index is 13.4. The number of carbonyl (C=O) groups excluding carboxylic acids is 1. The molecule has 158 valence electrons. The van der Waals surface area contributed by atoms with Gasteiger partial charge in [0.05, 0.1) is 22.3 Å². The highest BCUT2D eigenvalue weighted by atomic mass is 35.5. The Bertz CT molecular complexity index is 1180. The third kappa shape index (κ3) is 3.63. The highest BCUT2D eigenvalue weighted by molar-refractivity contribution is 6.32. The molecule has 1 aromatic carbocycles. The normalized spacial score (nSPS) is 16.9. The Morgan fingerprint density at radius 3 is 2.77 bits per heavy atom. The van der Waals surface area contributed by atoms with Crippen LogP contribution in [0.1, 0.15) is 33.2 Å². The lowest BCUT2D eigenvalue weighted by Gasteiger charge is -2.24. The zero-order valence-electron chi connectivity index (χ0n) is 17.0. The number of pyridine rings is 1. The fourth-order valence-electron chi connectivity index (χ4n) is 3.71. The SMILES string of the molecule is CC(C)(C)OC(=O)N1CCC(n2c(=O)n(-c3ccc(Cl)c(O)c3)c3cccnc32)C1. The number of benzene rings is 1. The first kappa shape index (κ1) is 20.3. The molecule has 1 atom stereocenters. The number of carbonyl (C=O) groups is 1. The van der Waals surface area contributed by atoms with Crippen LogP contribution in [0.3, 0.4) is 0 Å². The Labute approximate surface area is 178 Å². The molecule has 1 unspecified atom stereocenters. The minimum absolute atomic E-state index is 0.108. The van der Waals surface area contributed by atoms with Gasteiger partial charge in [0.2, 0.25) is 0 Å². The van der Waals surface area contributed by atoms with Gasteiger partial charge in [0, 0.05) is 25.4 Å². The number of aromatic nitrogens is 3. The van der Waals surface area contributed by atoms with Crippen molar-refractivity contribution in [1.82, 2.24) is 19.0 Å². The second kappa shape index (κ2) is 7.36. The molecule has 30 heavy (non-hydrogen) atoms. The molecule has 1 amide bonds. The quantitative estimate of drug-likeness (QED) is 0.669. The van der Waals surface area contributed by atoms with E-state index in [4.69, 9.17) is 16.3 Å². The molecular formula is C21H23ClN4O4. The number of hydrogen-bond acceptors (Lipinski definition) is 5. The van der Waals surface area contributed by atoms with Crippen molar-refractivity contribution in [3.8, 4) is 11.4 Å². The zero-order valence-corrected chi connectivity index (χ0v) is 17.8. The van der Waals surface area contributed by atoms with E-state index in [0.29, 0.717) is 36.4 Å². The number of phenols is 1. The number of amides is 1. The Balaban J connectivity index is 1.74. The van der Waals surface area contributed by atoms with E-state index < -0.39 is 11.7 Å². The van der Waals surface area contributed by atoms with Crippen LogP contribution in [0.15, 0.2) is 41.3 Å². The summed E-state index contributed by atoms with van der Waals surface area (Å²) in [5.74, 6) is -0.108. The van der Waals surface area contributed by atoms with E-state index in [1.165, 1.54) is 16.7 Å². The van der Waals surface area contributed by atoms with E-state index >= 15 is 0 Å². The number of phenolic OH excluding ortho intramolecular Hbond substituents is 1. The van der Waals surface area contributed by atoms with Crippen LogP contribution >= 0.6 is 11.6 Å². The third-order valence-electron chi connectivity index (χ3n) is 5.00. The van der Waals surface area contributed by atoms with Crippen molar-refractivity contribution >= 4 is 28.9 Å². The molecule has 1 N–H and O–H groups in total. The second-order valence-corrected chi connectivity index (χ2v) is 8.75. The molecule has 0 bridgehead atoms. The number of imidazole rings is 1. The summed E-state index contributed by atoms with van der Waals surface area (Å²) in [5, 5.41) is 10.2. The number of likely N-dealkylation sites (tertiary alicyclic amines) is 1. The average Bonchev–Trinajstić information content (AvgIpc) is 3.25. The highest BCUT2D eigenvalue weighted by Gasteiger charge is 2.33. The van der Waals surface area contributed by atoms with Crippen molar-refractivity contribution in [2.75, 3.05) is 13.1 Å². The fourth-order valence-corrected chi connectivity index (χ4v) is 3.83. The van der Waals surface area contributed by atoms with Gasteiger partial charge in [-0.2, -0.15) is 0 Å². The van der Waals surface area contributed by atoms with Crippen LogP contribution in [0.25, 0.3) is 16.9 Å². The van der Waals surface area contributed by atoms with Gasteiger partial charge in [-0.15, -0.1) is 0 Å². The molecule has 3 aromatic rings. The lowest BCUT2D eigenvalue weighted by atomic mass is 10.2. The van der Waals surface area contributed by atoms with E-state index in [1.807, 2.05) is 20.8 Å². The lowest BCUT2D eigenvalue weighted by Crippen LogP contribution is -2.36. The maximum atomic E-state index is 13.4. The fraction of sp³-hybridized carbons (Fsp3) is 0.381. The van der Waals surface area contributed by atoms with E-state index in [0.717, 1.165) is 0 Å². The molecule has 0 radical (unpaired) electrons. The van der Waals surface area contributed by atoms with E-state index in [-0.39, 0.29) is 22.5 Å². The van der Waals surface area contributed by atoms with Gasteiger partial charge >= 0.3 is 11.8 Å². The smallest absolute Gasteiger partial charge is 0.410 e. The summed E-state index contributed by atoms with van der Waals surface area (Å²) in [4.78, 5) is 31.9. The third-order valence-corrected chi connectivity index (χ3v) is 5.32. The van der Waals surface area contributed by atoms with Crippen molar-refractivity contribution in [3.05, 3.63) is 52.0 Å². The van der Waals surface area contributed by atoms with Crippen molar-refractivity contribution in [2.45, 2.75) is 38.8 Å². The number of aromatic hydroxyl groups is 1. The molecule has 0 aliphatic carbocycles. The van der Waals surface area contributed by atoms with Crippen molar-refractivity contribution < 1.29 is 14.6 Å². The second-order valence-electron chi connectivity index (χ2n) is 8.34. The monoisotopic (exact) mass is 430 g/mol. The molecule has 2 aromatic heterocycles. The maximum Gasteiger partial charge on any atom is 0.410 e. The minimum Gasteiger partial charge on any atom is -0.506 e. The standard InChI is InChI=1S/C21H23ClN4O4/c1-21(2,3)30-20(29)24-10-8-14(12-24)26-18-16(5-4-9-23-18)25(19(26)28)13-6-7-15(22)17(27)11-13/h4-7,9,11,14,27H,8,10,12H2,1-3H3. The van der Waals surface area contributed by atoms with E-state index in [1.54, 1.807) is 33.9 Å². The summed E-state index contributed by atoms with van der Waals surface area (Å²) in [5.41, 5.74) is 0.746. The molecule has 1 aliphatic rings. The van der Waals surface area contributed by atoms with Gasteiger partial charge in [-0.05, 0) is 51.5 Å². The zero-order chi connectivity index (χ0) is 21.6. The van der Waals surface area contributed by atoms with Crippen LogP contribution in [-0.2, 0) is 4.74 Å². The molecule has 4 rings (SSSR count). The molecule has 0 saturated carbocycles. The Hall–Kier alpha value is -3.00. The highest BCUT2D eigenvalue weighted by Crippen LogP contribution is 2.29. The van der Waals surface area contributed by atoms with Crippen LogP contribution in [0.2, 0.25) is 5.02 Å². The molecule has 0 spiro atoms. The van der Waals surface area contributed by atoms with Gasteiger partial charge < -0.3 is 14.7 Å². The van der Waals surface area contributed by atoms with Crippen LogP contribution < -0.4 is 5.69 Å². The number of rotatable bonds is 2. The molecular weight excluding hydrogens is 408 g/mol. The predicted octanol–water partition coefficient (Wildman–Crippen LogP) is 3.73. The molecule has 8 nitrogen and oxygen atoms in total. The summed E-state index contributed by atoms with van der Waals surface area (Å²) in [6.07, 6.45) is 1.85. The molecule has 3 heterocycles. The van der Waals surface area contributed by atoms with Gasteiger partial charge in [-0.1, -0.05) is 11.6 Å². The summed E-state index contributed by atoms with van der Waals surface area (Å²) in [6, 6.07) is 7.97. The number of halogens is 1. The summed E-state index contributed by atoms with van der Waals surface area (Å²) < 4.78 is 8.57. The van der Waals surface area contributed by atoms with Gasteiger partial charge in [-0.25, -0.2) is 14.6 Å². The topological polar surface area (TPSA) is 89.6 Å². The van der Waals surface area contributed by atoms with Gasteiger partial charge in [-0.3, -0.25) is 9.13 Å². The molecule has 1 aliphatic heterocycles. The average molecular weight is 431 g/mol. The van der Waals surface area contributed by atoms with Gasteiger partial charge in [0.15, 0.2) is 5.65 Å². The Morgan fingerprint density at radius 2 is 2.07 bits per heavy atom. The van der Waals surface area contributed by atoms with Crippen LogP contribution in [0.4, 0.5) is 4.79 Å². The first-order chi connectivity index (χ1) is 14.2. The van der Waals surface area contributed by atoms with Gasteiger partial charge in [0.25, 0.3) is 0 Å². The predicted molar refractivity (Wildman–Crippen MR) is 113 cm³/mol.